The summed E-state index contributed by atoms with van der Waals surface area (Å²) in [4.78, 5) is 9.11. The lowest BCUT2D eigenvalue weighted by Gasteiger charge is -2.22. The molecule has 8 heteroatoms. The lowest BCUT2D eigenvalue weighted by molar-refractivity contribution is 0.227. The molecule has 0 amide bonds. The predicted molar refractivity (Wildman–Crippen MR) is 124 cm³/mol. The molecular formula is C25H24FN5O2. The van der Waals surface area contributed by atoms with Crippen LogP contribution in [-0.4, -0.2) is 26.9 Å². The van der Waals surface area contributed by atoms with Gasteiger partial charge in [-0.3, -0.25) is 4.68 Å². The molecule has 168 valence electrons. The van der Waals surface area contributed by atoms with Crippen molar-refractivity contribution in [1.82, 2.24) is 19.7 Å². The molecule has 0 aliphatic carbocycles. The third-order valence-corrected chi connectivity index (χ3v) is 5.92. The number of nitrogen functional groups attached to an aromatic ring is 1. The van der Waals surface area contributed by atoms with E-state index in [1.54, 1.807) is 19.4 Å². The van der Waals surface area contributed by atoms with Crippen LogP contribution in [0.4, 0.5) is 10.2 Å². The summed E-state index contributed by atoms with van der Waals surface area (Å²) in [7, 11) is 1.58. The number of benzene rings is 1. The molecule has 0 radical (unpaired) electrons. The third-order valence-electron chi connectivity index (χ3n) is 5.92. The molecule has 0 spiro atoms. The first-order chi connectivity index (χ1) is 16.0. The zero-order valence-corrected chi connectivity index (χ0v) is 18.7. The van der Waals surface area contributed by atoms with Crippen molar-refractivity contribution in [2.45, 2.75) is 32.9 Å². The highest BCUT2D eigenvalue weighted by molar-refractivity contribution is 5.72. The van der Waals surface area contributed by atoms with Gasteiger partial charge in [0.15, 0.2) is 11.6 Å². The van der Waals surface area contributed by atoms with E-state index >= 15 is 0 Å². The molecule has 0 fully saturated rings. The number of aromatic nitrogens is 4. The standard InChI is InChI=1S/C25H24FN5O2/c1-4-31-24-16(13-29-31)9-15-5-8-22(32-3)30-23(15)19-7-6-18(26)11-20(19)14(2)33-21-10-17(24)12-28-25(21)27/h5-8,10-14H,4,9H2,1-3H3,(H2,27,28). The highest BCUT2D eigenvalue weighted by atomic mass is 19.1. The number of pyridine rings is 2. The molecule has 5 rings (SSSR count). The molecule has 1 aliphatic heterocycles. The van der Waals surface area contributed by atoms with Crippen LogP contribution in [0.25, 0.3) is 22.5 Å². The highest BCUT2D eigenvalue weighted by Gasteiger charge is 2.23. The number of ether oxygens (including phenoxy) is 2. The molecule has 1 atom stereocenters. The van der Waals surface area contributed by atoms with Crippen molar-refractivity contribution in [3.8, 4) is 34.1 Å². The molecule has 1 aliphatic rings. The molecule has 2 bridgehead atoms. The fraction of sp³-hybridized carbons (Fsp3) is 0.240. The topological polar surface area (TPSA) is 88.1 Å². The Morgan fingerprint density at radius 1 is 1.18 bits per heavy atom. The molecule has 1 unspecified atom stereocenters. The molecule has 7 nitrogen and oxygen atoms in total. The molecule has 0 saturated carbocycles. The second-order valence-electron chi connectivity index (χ2n) is 7.97. The Morgan fingerprint density at radius 2 is 2.03 bits per heavy atom. The number of nitrogens with zero attached hydrogens (tertiary/aromatic N) is 4. The predicted octanol–water partition coefficient (Wildman–Crippen LogP) is 4.80. The number of nitrogens with two attached hydrogens (primary N) is 1. The Bertz CT molecular complexity index is 1350. The summed E-state index contributed by atoms with van der Waals surface area (Å²) in [5.41, 5.74) is 12.1. The fourth-order valence-electron chi connectivity index (χ4n) is 4.31. The number of hydrogen-bond acceptors (Lipinski definition) is 6. The quantitative estimate of drug-likeness (QED) is 0.477. The van der Waals surface area contributed by atoms with E-state index in [2.05, 4.69) is 10.1 Å². The van der Waals surface area contributed by atoms with Gasteiger partial charge >= 0.3 is 0 Å². The van der Waals surface area contributed by atoms with Gasteiger partial charge in [0.1, 0.15) is 11.9 Å². The lowest BCUT2D eigenvalue weighted by Crippen LogP contribution is -2.10. The molecule has 4 aromatic rings. The molecule has 1 aromatic carbocycles. The Kier molecular flexibility index (Phi) is 5.20. The van der Waals surface area contributed by atoms with E-state index in [4.69, 9.17) is 20.2 Å². The average molecular weight is 445 g/mol. The van der Waals surface area contributed by atoms with Gasteiger partial charge in [0.25, 0.3) is 0 Å². The van der Waals surface area contributed by atoms with E-state index in [0.717, 1.165) is 27.9 Å². The van der Waals surface area contributed by atoms with Crippen LogP contribution in [0.3, 0.4) is 0 Å². The van der Waals surface area contributed by atoms with Crippen LogP contribution in [-0.2, 0) is 13.0 Å². The molecule has 2 N–H and O–H groups in total. The van der Waals surface area contributed by atoms with Crippen LogP contribution < -0.4 is 15.2 Å². The van der Waals surface area contributed by atoms with Crippen molar-refractivity contribution in [3.63, 3.8) is 0 Å². The van der Waals surface area contributed by atoms with Gasteiger partial charge < -0.3 is 15.2 Å². The van der Waals surface area contributed by atoms with Crippen molar-refractivity contribution < 1.29 is 13.9 Å². The Morgan fingerprint density at radius 3 is 2.82 bits per heavy atom. The van der Waals surface area contributed by atoms with Crippen LogP contribution >= 0.6 is 0 Å². The summed E-state index contributed by atoms with van der Waals surface area (Å²) in [5.74, 6) is 0.828. The molecular weight excluding hydrogens is 421 g/mol. The van der Waals surface area contributed by atoms with Gasteiger partial charge in [-0.15, -0.1) is 0 Å². The number of hydrogen-bond donors (Lipinski definition) is 1. The monoisotopic (exact) mass is 445 g/mol. The summed E-state index contributed by atoms with van der Waals surface area (Å²) >= 11 is 0. The molecule has 33 heavy (non-hydrogen) atoms. The minimum atomic E-state index is -0.508. The van der Waals surface area contributed by atoms with Crippen molar-refractivity contribution >= 4 is 5.82 Å². The van der Waals surface area contributed by atoms with E-state index in [-0.39, 0.29) is 11.6 Å². The van der Waals surface area contributed by atoms with Gasteiger partial charge in [0.05, 0.1) is 24.7 Å². The van der Waals surface area contributed by atoms with E-state index < -0.39 is 6.10 Å². The second-order valence-corrected chi connectivity index (χ2v) is 7.97. The van der Waals surface area contributed by atoms with Gasteiger partial charge in [-0.2, -0.15) is 5.10 Å². The van der Waals surface area contributed by atoms with Gasteiger partial charge in [0.2, 0.25) is 5.88 Å². The lowest BCUT2D eigenvalue weighted by atomic mass is 9.93. The van der Waals surface area contributed by atoms with Crippen molar-refractivity contribution in [2.24, 2.45) is 0 Å². The number of aryl methyl sites for hydroxylation is 1. The number of methoxy groups -OCH3 is 1. The number of fused-ring (bicyclic) bond motifs is 7. The van der Waals surface area contributed by atoms with Crippen LogP contribution in [0, 0.1) is 5.82 Å². The molecule has 3 aromatic heterocycles. The summed E-state index contributed by atoms with van der Waals surface area (Å²) in [6.45, 7) is 4.60. The van der Waals surface area contributed by atoms with E-state index in [1.165, 1.54) is 12.1 Å². The minimum absolute atomic E-state index is 0.268. The van der Waals surface area contributed by atoms with Gasteiger partial charge in [-0.1, -0.05) is 6.07 Å². The van der Waals surface area contributed by atoms with Gasteiger partial charge in [-0.05, 0) is 43.7 Å². The first-order valence-electron chi connectivity index (χ1n) is 10.8. The maximum atomic E-state index is 14.3. The van der Waals surface area contributed by atoms with Crippen LogP contribution in [0.5, 0.6) is 11.6 Å². The van der Waals surface area contributed by atoms with Crippen molar-refractivity contribution in [1.29, 1.82) is 0 Å². The van der Waals surface area contributed by atoms with Crippen LogP contribution in [0.15, 0.2) is 48.8 Å². The SMILES string of the molecule is CCn1ncc2c1-c1cnc(N)c(c1)OC(C)c1cc(F)ccc1-c1nc(OC)ccc1C2. The molecule has 4 heterocycles. The largest absolute Gasteiger partial charge is 0.482 e. The Balaban J connectivity index is 1.82. The second kappa shape index (κ2) is 8.20. The Hall–Kier alpha value is -3.94. The first kappa shape index (κ1) is 20.9. The minimum Gasteiger partial charge on any atom is -0.482 e. The van der Waals surface area contributed by atoms with Crippen LogP contribution in [0.2, 0.25) is 0 Å². The normalized spacial score (nSPS) is 14.7. The highest BCUT2D eigenvalue weighted by Crippen LogP contribution is 2.38. The zero-order valence-electron chi connectivity index (χ0n) is 18.7. The number of halogens is 1. The summed E-state index contributed by atoms with van der Waals surface area (Å²) in [6.07, 6.45) is 3.66. The maximum absolute atomic E-state index is 14.3. The van der Waals surface area contributed by atoms with Gasteiger partial charge in [-0.25, -0.2) is 14.4 Å². The smallest absolute Gasteiger partial charge is 0.213 e. The zero-order chi connectivity index (χ0) is 23.1. The first-order valence-corrected chi connectivity index (χ1v) is 10.8. The summed E-state index contributed by atoms with van der Waals surface area (Å²) < 4.78 is 27.9. The third kappa shape index (κ3) is 3.67. The summed E-state index contributed by atoms with van der Waals surface area (Å²) in [6, 6.07) is 10.3. The maximum Gasteiger partial charge on any atom is 0.213 e. The van der Waals surface area contributed by atoms with Gasteiger partial charge in [0, 0.05) is 47.5 Å². The van der Waals surface area contributed by atoms with E-state index in [0.29, 0.717) is 35.9 Å². The van der Waals surface area contributed by atoms with E-state index in [9.17, 15) is 4.39 Å². The van der Waals surface area contributed by atoms with Crippen molar-refractivity contribution in [3.05, 3.63) is 71.3 Å². The molecule has 0 saturated heterocycles. The summed E-state index contributed by atoms with van der Waals surface area (Å²) in [5, 5.41) is 4.58. The van der Waals surface area contributed by atoms with Crippen LogP contribution in [0.1, 0.15) is 36.6 Å². The average Bonchev–Trinajstić information content (AvgIpc) is 3.22. The number of rotatable bonds is 2. The van der Waals surface area contributed by atoms with Crippen molar-refractivity contribution in [2.75, 3.05) is 12.8 Å². The fourth-order valence-corrected chi connectivity index (χ4v) is 4.31. The Labute approximate surface area is 191 Å². The number of anilines is 1. The van der Waals surface area contributed by atoms with E-state index in [1.807, 2.05) is 42.9 Å².